The Kier molecular flexibility index (Phi) is 5.51. The number of aliphatic hydroxyl groups excluding tert-OH is 1. The van der Waals surface area contributed by atoms with Crippen LogP contribution in [0.15, 0.2) is 29.1 Å². The summed E-state index contributed by atoms with van der Waals surface area (Å²) in [5.41, 5.74) is 2.41. The van der Waals surface area contributed by atoms with Gasteiger partial charge in [0, 0.05) is 18.7 Å². The van der Waals surface area contributed by atoms with Crippen LogP contribution in [0.3, 0.4) is 0 Å². The van der Waals surface area contributed by atoms with Crippen LogP contribution in [-0.2, 0) is 6.54 Å². The zero-order chi connectivity index (χ0) is 16.1. The molecular weight excluding hydrogens is 298 g/mol. The van der Waals surface area contributed by atoms with Crippen molar-refractivity contribution in [1.29, 1.82) is 0 Å². The molecule has 0 radical (unpaired) electrons. The number of H-pyrrole nitrogens is 1. The van der Waals surface area contributed by atoms with Gasteiger partial charge in [-0.05, 0) is 43.1 Å². The topological polar surface area (TPSA) is 68.4 Å². The van der Waals surface area contributed by atoms with Gasteiger partial charge in [-0.3, -0.25) is 4.79 Å². The molecule has 5 nitrogen and oxygen atoms in total. The number of para-hydroxylation sites is 1. The average molecular weight is 319 g/mol. The lowest BCUT2D eigenvalue weighted by molar-refractivity contribution is 0.245. The van der Waals surface area contributed by atoms with Crippen LogP contribution in [0.25, 0.3) is 10.9 Å². The molecule has 118 valence electrons. The summed E-state index contributed by atoms with van der Waals surface area (Å²) in [6, 6.07) is 7.80. The number of nitrogens with one attached hydrogen (secondary N) is 2. The highest BCUT2D eigenvalue weighted by Gasteiger charge is 2.12. The summed E-state index contributed by atoms with van der Waals surface area (Å²) in [5.74, 6) is 0. The fourth-order valence-electron chi connectivity index (χ4n) is 2.39. The van der Waals surface area contributed by atoms with Crippen LogP contribution >= 0.6 is 12.2 Å². The van der Waals surface area contributed by atoms with E-state index in [2.05, 4.69) is 10.3 Å². The molecule has 3 N–H and O–H groups in total. The molecule has 0 aliphatic rings. The van der Waals surface area contributed by atoms with E-state index in [-0.39, 0.29) is 12.2 Å². The van der Waals surface area contributed by atoms with E-state index >= 15 is 0 Å². The molecule has 1 heterocycles. The van der Waals surface area contributed by atoms with Crippen molar-refractivity contribution in [3.8, 4) is 0 Å². The quantitative estimate of drug-likeness (QED) is 0.729. The molecule has 0 atom stereocenters. The zero-order valence-corrected chi connectivity index (χ0v) is 13.7. The highest BCUT2D eigenvalue weighted by Crippen LogP contribution is 2.15. The van der Waals surface area contributed by atoms with Gasteiger partial charge >= 0.3 is 0 Å². The lowest BCUT2D eigenvalue weighted by atomic mass is 10.1. The molecule has 0 unspecified atom stereocenters. The second kappa shape index (κ2) is 7.38. The van der Waals surface area contributed by atoms with Gasteiger partial charge in [0.15, 0.2) is 5.11 Å². The van der Waals surface area contributed by atoms with Crippen molar-refractivity contribution in [2.75, 3.05) is 19.7 Å². The summed E-state index contributed by atoms with van der Waals surface area (Å²) < 4.78 is 0. The lowest BCUT2D eigenvalue weighted by Gasteiger charge is -2.24. The maximum Gasteiger partial charge on any atom is 0.253 e. The van der Waals surface area contributed by atoms with Gasteiger partial charge in [-0.2, -0.15) is 0 Å². The zero-order valence-electron chi connectivity index (χ0n) is 12.8. The van der Waals surface area contributed by atoms with Crippen molar-refractivity contribution in [2.45, 2.75) is 20.4 Å². The summed E-state index contributed by atoms with van der Waals surface area (Å²) in [6.07, 6.45) is 0. The SMILES string of the molecule is CCNC(=S)N(CCO)Cc1cc2cccc(C)c2[nH]c1=O. The Morgan fingerprint density at radius 2 is 2.23 bits per heavy atom. The first kappa shape index (κ1) is 16.5. The number of benzene rings is 1. The number of hydrogen-bond donors (Lipinski definition) is 3. The second-order valence-corrected chi connectivity index (χ2v) is 5.53. The van der Waals surface area contributed by atoms with E-state index in [1.807, 2.05) is 38.1 Å². The number of fused-ring (bicyclic) bond motifs is 1. The molecule has 0 saturated heterocycles. The van der Waals surface area contributed by atoms with Crippen molar-refractivity contribution < 1.29 is 5.11 Å². The van der Waals surface area contributed by atoms with Crippen LogP contribution in [0.1, 0.15) is 18.1 Å². The number of hydrogen-bond acceptors (Lipinski definition) is 3. The van der Waals surface area contributed by atoms with Crippen molar-refractivity contribution >= 4 is 28.2 Å². The van der Waals surface area contributed by atoms with Crippen molar-refractivity contribution in [2.24, 2.45) is 0 Å². The van der Waals surface area contributed by atoms with Crippen LogP contribution in [0.4, 0.5) is 0 Å². The van der Waals surface area contributed by atoms with Gasteiger partial charge in [-0.15, -0.1) is 0 Å². The summed E-state index contributed by atoms with van der Waals surface area (Å²) in [4.78, 5) is 17.0. The van der Waals surface area contributed by atoms with Crippen molar-refractivity contribution in [3.05, 3.63) is 45.7 Å². The second-order valence-electron chi connectivity index (χ2n) is 5.14. The summed E-state index contributed by atoms with van der Waals surface area (Å²) in [6.45, 7) is 5.36. The molecule has 0 fully saturated rings. The van der Waals surface area contributed by atoms with E-state index in [9.17, 15) is 9.90 Å². The third kappa shape index (κ3) is 3.64. The van der Waals surface area contributed by atoms with Crippen LogP contribution in [0.5, 0.6) is 0 Å². The van der Waals surface area contributed by atoms with Crippen molar-refractivity contribution in [3.63, 3.8) is 0 Å². The fraction of sp³-hybridized carbons (Fsp3) is 0.375. The molecule has 22 heavy (non-hydrogen) atoms. The summed E-state index contributed by atoms with van der Waals surface area (Å²) >= 11 is 5.29. The summed E-state index contributed by atoms with van der Waals surface area (Å²) in [5, 5.41) is 13.8. The Hall–Kier alpha value is -1.92. The molecule has 0 amide bonds. The normalized spacial score (nSPS) is 10.7. The van der Waals surface area contributed by atoms with E-state index in [1.165, 1.54) is 0 Å². The Bertz CT molecular complexity index is 727. The number of aliphatic hydroxyl groups is 1. The highest BCUT2D eigenvalue weighted by atomic mass is 32.1. The van der Waals surface area contributed by atoms with Gasteiger partial charge in [0.25, 0.3) is 5.56 Å². The minimum atomic E-state index is -0.121. The van der Waals surface area contributed by atoms with E-state index in [0.29, 0.717) is 30.3 Å². The fourth-order valence-corrected chi connectivity index (χ4v) is 2.69. The van der Waals surface area contributed by atoms with Crippen LogP contribution in [0.2, 0.25) is 0 Å². The molecule has 2 rings (SSSR count). The van der Waals surface area contributed by atoms with Gasteiger partial charge in [-0.25, -0.2) is 0 Å². The standard InChI is InChI=1S/C16H21N3O2S/c1-3-17-16(22)19(7-8-20)10-13-9-12-6-4-5-11(2)14(12)18-15(13)21/h4-6,9,20H,3,7-8,10H2,1-2H3,(H,17,22)(H,18,21). The maximum atomic E-state index is 12.3. The first-order valence-corrected chi connectivity index (χ1v) is 7.72. The van der Waals surface area contributed by atoms with Crippen LogP contribution < -0.4 is 10.9 Å². The predicted molar refractivity (Wildman–Crippen MR) is 93.1 cm³/mol. The Morgan fingerprint density at radius 1 is 1.45 bits per heavy atom. The molecule has 0 saturated carbocycles. The minimum Gasteiger partial charge on any atom is -0.395 e. The number of aryl methyl sites for hydroxylation is 1. The largest absolute Gasteiger partial charge is 0.395 e. The van der Waals surface area contributed by atoms with Gasteiger partial charge < -0.3 is 20.3 Å². The first-order chi connectivity index (χ1) is 10.6. The molecule has 1 aromatic heterocycles. The van der Waals surface area contributed by atoms with E-state index in [0.717, 1.165) is 16.5 Å². The number of aromatic nitrogens is 1. The average Bonchev–Trinajstić information content (AvgIpc) is 2.49. The number of nitrogens with zero attached hydrogens (tertiary/aromatic N) is 1. The van der Waals surface area contributed by atoms with E-state index in [4.69, 9.17) is 12.2 Å². The molecule has 0 bridgehead atoms. The van der Waals surface area contributed by atoms with E-state index < -0.39 is 0 Å². The number of thiocarbonyl (C=S) groups is 1. The third-order valence-corrected chi connectivity index (χ3v) is 3.91. The van der Waals surface area contributed by atoms with Gasteiger partial charge in [0.05, 0.1) is 18.7 Å². The van der Waals surface area contributed by atoms with Crippen LogP contribution in [0, 0.1) is 6.92 Å². The maximum absolute atomic E-state index is 12.3. The van der Waals surface area contributed by atoms with E-state index in [1.54, 1.807) is 4.90 Å². The predicted octanol–water partition coefficient (Wildman–Crippen LogP) is 1.53. The molecule has 2 aromatic rings. The lowest BCUT2D eigenvalue weighted by Crippen LogP contribution is -2.41. The number of aromatic amines is 1. The number of pyridine rings is 1. The van der Waals surface area contributed by atoms with Crippen molar-refractivity contribution in [1.82, 2.24) is 15.2 Å². The summed E-state index contributed by atoms with van der Waals surface area (Å²) in [7, 11) is 0. The highest BCUT2D eigenvalue weighted by molar-refractivity contribution is 7.80. The monoisotopic (exact) mass is 319 g/mol. The van der Waals surface area contributed by atoms with Crippen LogP contribution in [-0.4, -0.2) is 39.8 Å². The Morgan fingerprint density at radius 3 is 2.91 bits per heavy atom. The number of rotatable bonds is 5. The molecular formula is C16H21N3O2S. The van der Waals surface area contributed by atoms with Gasteiger partial charge in [0.1, 0.15) is 0 Å². The Balaban J connectivity index is 2.35. The molecule has 0 aliphatic heterocycles. The Labute approximate surface area is 135 Å². The molecule has 6 heteroatoms. The van der Waals surface area contributed by atoms with Gasteiger partial charge in [0.2, 0.25) is 0 Å². The third-order valence-electron chi connectivity index (χ3n) is 3.51. The molecule has 1 aromatic carbocycles. The first-order valence-electron chi connectivity index (χ1n) is 7.32. The molecule has 0 spiro atoms. The molecule has 0 aliphatic carbocycles. The smallest absolute Gasteiger partial charge is 0.253 e. The minimum absolute atomic E-state index is 0.0177. The van der Waals surface area contributed by atoms with Gasteiger partial charge in [-0.1, -0.05) is 18.2 Å².